The van der Waals surface area contributed by atoms with Crippen molar-refractivity contribution in [2.24, 2.45) is 0 Å². The maximum atomic E-state index is 13.8. The van der Waals surface area contributed by atoms with Crippen molar-refractivity contribution in [2.45, 2.75) is 32.2 Å². The number of hydrogen-bond acceptors (Lipinski definition) is 4. The lowest BCUT2D eigenvalue weighted by molar-refractivity contribution is -0.114. The third kappa shape index (κ3) is 6.22. The van der Waals surface area contributed by atoms with Crippen molar-refractivity contribution in [1.82, 2.24) is 4.90 Å². The van der Waals surface area contributed by atoms with Gasteiger partial charge in [0, 0.05) is 47.3 Å². The number of aryl methyl sites for hydroxylation is 3. The second-order valence-corrected chi connectivity index (χ2v) is 12.8. The number of nitrogens with zero attached hydrogens (tertiary/aromatic N) is 3. The molecular weight excluding hydrogens is 574 g/mol. The van der Waals surface area contributed by atoms with Gasteiger partial charge in [0.15, 0.2) is 0 Å². The van der Waals surface area contributed by atoms with Crippen LogP contribution < -0.4 is 9.80 Å². The molecule has 0 aliphatic carbocycles. The minimum Gasteiger partial charge on any atom is -0.368 e. The van der Waals surface area contributed by atoms with Crippen molar-refractivity contribution in [1.29, 1.82) is 0 Å². The summed E-state index contributed by atoms with van der Waals surface area (Å²) in [6.07, 6.45) is 1.93. The number of amides is 2. The Kier molecular flexibility index (Phi) is 8.33. The number of carbonyl (C=O) groups is 2. The van der Waals surface area contributed by atoms with E-state index in [9.17, 15) is 9.59 Å². The molecule has 0 aromatic heterocycles. The van der Waals surface area contributed by atoms with Crippen LogP contribution in [0, 0.1) is 20.8 Å². The summed E-state index contributed by atoms with van der Waals surface area (Å²) in [5.41, 5.74) is 8.27. The molecule has 0 spiro atoms. The first-order valence-electron chi connectivity index (χ1n) is 14.5. The van der Waals surface area contributed by atoms with Gasteiger partial charge in [-0.3, -0.25) is 9.59 Å². The van der Waals surface area contributed by atoms with Crippen LogP contribution in [0.2, 0.25) is 5.02 Å². The molecule has 2 aliphatic heterocycles. The van der Waals surface area contributed by atoms with Crippen molar-refractivity contribution in [3.8, 4) is 0 Å². The molecule has 4 aromatic carbocycles. The molecule has 4 aromatic rings. The number of rotatable bonds is 5. The summed E-state index contributed by atoms with van der Waals surface area (Å²) in [6.45, 7) is 9.58. The Morgan fingerprint density at radius 3 is 2.33 bits per heavy atom. The number of benzene rings is 4. The molecule has 43 heavy (non-hydrogen) atoms. The molecule has 0 bridgehead atoms. The van der Waals surface area contributed by atoms with Crippen LogP contribution >= 0.6 is 23.4 Å². The van der Waals surface area contributed by atoms with E-state index in [4.69, 9.17) is 11.6 Å². The molecular formula is C36H34ClN3O2S. The van der Waals surface area contributed by atoms with E-state index in [0.29, 0.717) is 30.1 Å². The van der Waals surface area contributed by atoms with Gasteiger partial charge in [0.1, 0.15) is 0 Å². The van der Waals surface area contributed by atoms with Crippen LogP contribution in [-0.2, 0) is 11.3 Å². The quantitative estimate of drug-likeness (QED) is 0.216. The lowest BCUT2D eigenvalue weighted by atomic mass is 10.0. The van der Waals surface area contributed by atoms with E-state index < -0.39 is 0 Å². The number of para-hydroxylation sites is 1. The van der Waals surface area contributed by atoms with Crippen LogP contribution in [-0.4, -0.2) is 42.9 Å². The molecule has 2 aliphatic rings. The summed E-state index contributed by atoms with van der Waals surface area (Å²) >= 11 is 7.73. The first-order valence-corrected chi connectivity index (χ1v) is 15.7. The average molecular weight is 608 g/mol. The monoisotopic (exact) mass is 607 g/mol. The second-order valence-electron chi connectivity index (χ2n) is 11.2. The number of thioether (sulfide) groups is 1. The van der Waals surface area contributed by atoms with Gasteiger partial charge in [0.2, 0.25) is 0 Å². The molecule has 7 heteroatoms. The number of halogens is 1. The molecule has 0 radical (unpaired) electrons. The molecule has 2 amide bonds. The summed E-state index contributed by atoms with van der Waals surface area (Å²) in [7, 11) is 0. The Hall–Kier alpha value is -4.00. The highest BCUT2D eigenvalue weighted by molar-refractivity contribution is 8.04. The van der Waals surface area contributed by atoms with Crippen molar-refractivity contribution < 1.29 is 9.59 Å². The fraction of sp³-hybridized carbons (Fsp3) is 0.222. The van der Waals surface area contributed by atoms with Gasteiger partial charge in [0.05, 0.1) is 17.1 Å². The van der Waals surface area contributed by atoms with Gasteiger partial charge in [-0.2, -0.15) is 0 Å². The second kappa shape index (κ2) is 12.3. The Bertz CT molecular complexity index is 1730. The van der Waals surface area contributed by atoms with Crippen LogP contribution in [0.3, 0.4) is 0 Å². The molecule has 5 nitrogen and oxygen atoms in total. The Labute approximate surface area is 262 Å². The van der Waals surface area contributed by atoms with Crippen LogP contribution in [0.4, 0.5) is 11.4 Å². The Morgan fingerprint density at radius 1 is 0.837 bits per heavy atom. The van der Waals surface area contributed by atoms with E-state index in [2.05, 4.69) is 49.9 Å². The minimum atomic E-state index is -0.0161. The zero-order valence-electron chi connectivity index (χ0n) is 24.6. The maximum absolute atomic E-state index is 13.8. The highest BCUT2D eigenvalue weighted by Crippen LogP contribution is 2.43. The molecule has 1 fully saturated rings. The third-order valence-corrected chi connectivity index (χ3v) is 9.51. The van der Waals surface area contributed by atoms with Crippen molar-refractivity contribution >= 4 is 52.6 Å². The van der Waals surface area contributed by atoms with E-state index in [0.717, 1.165) is 45.5 Å². The number of fused-ring (bicyclic) bond motifs is 1. The van der Waals surface area contributed by atoms with Gasteiger partial charge in [-0.05, 0) is 85.5 Å². The van der Waals surface area contributed by atoms with Crippen LogP contribution in [0.15, 0.2) is 94.7 Å². The summed E-state index contributed by atoms with van der Waals surface area (Å²) in [5, 5.41) is 0.723. The van der Waals surface area contributed by atoms with Gasteiger partial charge < -0.3 is 14.7 Å². The predicted octanol–water partition coefficient (Wildman–Crippen LogP) is 7.91. The highest BCUT2D eigenvalue weighted by atomic mass is 35.5. The van der Waals surface area contributed by atoms with Gasteiger partial charge in [-0.1, -0.05) is 77.5 Å². The lowest BCUT2D eigenvalue weighted by Crippen LogP contribution is -2.49. The van der Waals surface area contributed by atoms with E-state index >= 15 is 0 Å². The Morgan fingerprint density at radius 2 is 1.56 bits per heavy atom. The molecule has 0 atom stereocenters. The van der Waals surface area contributed by atoms with Crippen LogP contribution in [0.25, 0.3) is 6.08 Å². The Balaban J connectivity index is 1.17. The lowest BCUT2D eigenvalue weighted by Gasteiger charge is -2.37. The first-order chi connectivity index (χ1) is 20.8. The number of hydrogen-bond donors (Lipinski definition) is 0. The SMILES string of the molecule is Cc1ccc(C)c(CN2C(=O)/C(=C/c3ccc(C(=O)N4CCN(c5cc(Cl)ccc5C)CC4)cc3)Sc3ccccc32)c1. The maximum Gasteiger partial charge on any atom is 0.265 e. The largest absolute Gasteiger partial charge is 0.368 e. The summed E-state index contributed by atoms with van der Waals surface area (Å²) in [4.78, 5) is 34.9. The van der Waals surface area contributed by atoms with E-state index in [1.165, 1.54) is 28.5 Å². The molecule has 0 unspecified atom stereocenters. The number of piperazine rings is 1. The van der Waals surface area contributed by atoms with E-state index in [1.807, 2.05) is 76.5 Å². The normalized spacial score (nSPS) is 16.0. The van der Waals surface area contributed by atoms with E-state index in [-0.39, 0.29) is 11.8 Å². The molecule has 6 rings (SSSR count). The van der Waals surface area contributed by atoms with Gasteiger partial charge in [0.25, 0.3) is 11.8 Å². The topological polar surface area (TPSA) is 43.9 Å². The van der Waals surface area contributed by atoms with Gasteiger partial charge >= 0.3 is 0 Å². The van der Waals surface area contributed by atoms with Crippen molar-refractivity contribution in [3.05, 3.63) is 128 Å². The summed E-state index contributed by atoms with van der Waals surface area (Å²) < 4.78 is 0. The first kappa shape index (κ1) is 29.1. The minimum absolute atomic E-state index is 0.0161. The van der Waals surface area contributed by atoms with Crippen LogP contribution in [0.5, 0.6) is 0 Å². The fourth-order valence-electron chi connectivity index (χ4n) is 5.69. The van der Waals surface area contributed by atoms with Gasteiger partial charge in [-0.15, -0.1) is 0 Å². The van der Waals surface area contributed by atoms with Crippen molar-refractivity contribution in [3.63, 3.8) is 0 Å². The summed E-state index contributed by atoms with van der Waals surface area (Å²) in [5.74, 6) is 0.0102. The molecule has 0 saturated carbocycles. The predicted molar refractivity (Wildman–Crippen MR) is 178 cm³/mol. The molecule has 2 heterocycles. The zero-order chi connectivity index (χ0) is 30.1. The highest BCUT2D eigenvalue weighted by Gasteiger charge is 2.29. The molecule has 1 saturated heterocycles. The number of carbonyl (C=O) groups excluding carboxylic acids is 2. The summed E-state index contributed by atoms with van der Waals surface area (Å²) in [6, 6.07) is 27.9. The number of anilines is 2. The molecule has 218 valence electrons. The molecule has 0 N–H and O–H groups in total. The average Bonchev–Trinajstić information content (AvgIpc) is 3.02. The third-order valence-electron chi connectivity index (χ3n) is 8.20. The smallest absolute Gasteiger partial charge is 0.265 e. The van der Waals surface area contributed by atoms with Crippen LogP contribution in [0.1, 0.15) is 38.2 Å². The van der Waals surface area contributed by atoms with E-state index in [1.54, 1.807) is 0 Å². The van der Waals surface area contributed by atoms with Crippen molar-refractivity contribution in [2.75, 3.05) is 36.0 Å². The standard InChI is InChI=1S/C36H34ClN3O2S/c1-24-8-9-25(2)29(20-24)23-40-31-6-4-5-7-33(31)43-34(36(40)42)21-27-11-13-28(14-12-27)35(41)39-18-16-38(17-19-39)32-22-30(37)15-10-26(32)3/h4-15,20-22H,16-19,23H2,1-3H3/b34-21-. The fourth-order valence-corrected chi connectivity index (χ4v) is 6.91. The zero-order valence-corrected chi connectivity index (χ0v) is 26.2. The van der Waals surface area contributed by atoms with Gasteiger partial charge in [-0.25, -0.2) is 0 Å².